The van der Waals surface area contributed by atoms with Gasteiger partial charge in [0, 0.05) is 29.1 Å². The van der Waals surface area contributed by atoms with E-state index in [1.54, 1.807) is 280 Å². The average molecular weight is 841 g/mol. The maximum atomic E-state index is 8.07. The molecule has 0 atom stereocenters. The second kappa shape index (κ2) is 5.52. The molecule has 0 saturated carbocycles. The molecular weight excluding hydrogens is 837 g/mol. The molecule has 0 fully saturated rings. The fraction of sp³-hybridized carbons (Fsp3) is 0.0303. The van der Waals surface area contributed by atoms with Gasteiger partial charge < -0.3 is 4.84 Å². The van der Waals surface area contributed by atoms with Crippen molar-refractivity contribution in [2.24, 2.45) is 5.16 Å². The fourth-order valence-corrected chi connectivity index (χ4v) is 24.7. The van der Waals surface area contributed by atoms with Crippen molar-refractivity contribution in [1.29, 1.82) is 0 Å². The van der Waals surface area contributed by atoms with Gasteiger partial charge in [0.25, 0.3) is 0 Å². The molecule has 0 N–H and O–H groups in total. The molecule has 34 rings (SSSR count). The van der Waals surface area contributed by atoms with Crippen LogP contribution in [0.1, 0.15) is 27.8 Å². The highest BCUT2D eigenvalue weighted by atomic mass is 16.7. The van der Waals surface area contributed by atoms with Gasteiger partial charge in [-0.25, -0.2) is 0 Å². The van der Waals surface area contributed by atoms with Crippen LogP contribution in [0.2, 0.25) is 0 Å². The predicted molar refractivity (Wildman–Crippen MR) is 286 cm³/mol. The van der Waals surface area contributed by atoms with Crippen LogP contribution in [0.3, 0.4) is 0 Å². The zero-order chi connectivity index (χ0) is 40.6. The van der Waals surface area contributed by atoms with Crippen molar-refractivity contribution in [3.8, 4) is 0 Å². The Morgan fingerprint density at radius 3 is 0.638 bits per heavy atom. The zero-order valence-corrected chi connectivity index (χ0v) is 34.6. The van der Waals surface area contributed by atoms with E-state index >= 15 is 0 Å². The van der Waals surface area contributed by atoms with Gasteiger partial charge in [-0.15, -0.1) is 0 Å². The predicted octanol–water partition coefficient (Wildman–Crippen LogP) is 17.1. The maximum absolute atomic E-state index is 8.07. The van der Waals surface area contributed by atoms with E-state index in [2.05, 4.69) is 17.1 Å². The van der Waals surface area contributed by atoms with Gasteiger partial charge in [0.05, 0.1) is 0 Å². The number of benzene rings is 18. The molecule has 28 aromatic carbocycles. The van der Waals surface area contributed by atoms with Gasteiger partial charge in [0.2, 0.25) is 5.60 Å². The highest BCUT2D eigenvalue weighted by molar-refractivity contribution is 6.82. The Balaban J connectivity index is 1.20. The van der Waals surface area contributed by atoms with E-state index in [1.807, 2.05) is 12.4 Å². The summed E-state index contributed by atoms with van der Waals surface area (Å²) in [6.45, 7) is 0. The lowest BCUT2D eigenvalue weighted by atomic mass is 9.52. The van der Waals surface area contributed by atoms with E-state index in [-0.39, 0.29) is 0 Å². The summed E-state index contributed by atoms with van der Waals surface area (Å²) in [5, 5.41) is 92.0. The van der Waals surface area contributed by atoms with E-state index < -0.39 is 11.0 Å². The molecule has 1 aliphatic heterocycles. The van der Waals surface area contributed by atoms with Gasteiger partial charge >= 0.3 is 0 Å². The molecule has 2 heterocycles. The first kappa shape index (κ1) is 24.7. The third kappa shape index (κ3) is 1.28. The summed E-state index contributed by atoms with van der Waals surface area (Å²) in [7, 11) is 0. The van der Waals surface area contributed by atoms with Crippen molar-refractivity contribution in [3.05, 3.63) is 52.3 Å². The van der Waals surface area contributed by atoms with Crippen molar-refractivity contribution >= 4 is 297 Å². The quantitative estimate of drug-likeness (QED) is 0.154. The lowest BCUT2D eigenvalue weighted by molar-refractivity contribution is -0.0122. The van der Waals surface area contributed by atoms with E-state index in [0.717, 1.165) is 11.3 Å². The van der Waals surface area contributed by atoms with Crippen molar-refractivity contribution in [2.45, 2.75) is 11.0 Å². The summed E-state index contributed by atoms with van der Waals surface area (Å²) in [5.74, 6) is 0. The second-order valence-electron chi connectivity index (χ2n) is 24.9. The molecule has 0 bridgehead atoms. The molecular formula is C66H4N2O. The minimum Gasteiger partial charge on any atom is -0.377 e. The van der Waals surface area contributed by atoms with E-state index in [4.69, 9.17) is 9.99 Å². The molecule has 5 aliphatic rings. The number of nitrogens with zero attached hydrogens (tertiary/aromatic N) is 2. The number of hydrogen-bond acceptors (Lipinski definition) is 3. The van der Waals surface area contributed by atoms with Crippen LogP contribution in [0.4, 0.5) is 0 Å². The van der Waals surface area contributed by atoms with Gasteiger partial charge in [0.1, 0.15) is 11.1 Å². The standard InChI is InChI=1S/C66H4N2O/c1-3-67-4-2-5(1)64-65-60-52-44-34-24-16-8-6-7-10-14-12(8)20-28-22(14)32-26-18(10)19-11(7)15-13-9(6)17(16)25-31-21(13)29-23(15)33-27(19)37-36(26)48-42(32)50-40(28)46(38(44)30(20)24)54(60)56(50)62-58(48)59-49(37)43(33)51-41(29)47-39(31)45(35(25)34)53(52)61(65)55(47)57(51)63(59)66(62,65)69-68-64/h1-4H. The lowest BCUT2D eigenvalue weighted by Gasteiger charge is -2.47. The van der Waals surface area contributed by atoms with Crippen LogP contribution in [0.15, 0.2) is 29.7 Å². The Morgan fingerprint density at radius 2 is 0.420 bits per heavy atom. The van der Waals surface area contributed by atoms with E-state index in [9.17, 15) is 0 Å². The summed E-state index contributed by atoms with van der Waals surface area (Å²) in [4.78, 5) is 12.7. The largest absolute Gasteiger partial charge is 0.377 e. The molecule has 3 nitrogen and oxygen atoms in total. The summed E-state index contributed by atoms with van der Waals surface area (Å²) < 4.78 is 0. The Bertz CT molecular complexity index is 7220. The summed E-state index contributed by atoms with van der Waals surface area (Å²) >= 11 is 0. The lowest BCUT2D eigenvalue weighted by Crippen LogP contribution is -2.54. The first-order chi connectivity index (χ1) is 34.4. The number of pyridine rings is 1. The monoisotopic (exact) mass is 840 g/mol. The van der Waals surface area contributed by atoms with E-state index in [1.165, 1.54) is 32.7 Å². The van der Waals surface area contributed by atoms with Crippen LogP contribution in [0.25, 0.3) is 291 Å². The highest BCUT2D eigenvalue weighted by Crippen LogP contribution is 2.85. The Hall–Kier alpha value is -8.92. The van der Waals surface area contributed by atoms with Crippen LogP contribution < -0.4 is 0 Å². The maximum Gasteiger partial charge on any atom is 0.209 e. The van der Waals surface area contributed by atoms with Gasteiger partial charge in [-0.1, -0.05) is 5.16 Å². The van der Waals surface area contributed by atoms with Crippen molar-refractivity contribution < 1.29 is 4.84 Å². The zero-order valence-electron chi connectivity index (χ0n) is 34.6. The normalized spacial score (nSPS) is 22.5. The average Bonchev–Trinajstić information content (AvgIpc) is 4.24. The topological polar surface area (TPSA) is 34.5 Å². The minimum absolute atomic E-state index is 0.681. The molecule has 2 spiro atoms. The van der Waals surface area contributed by atoms with Gasteiger partial charge in [-0.05, 0) is 314 Å². The van der Waals surface area contributed by atoms with Crippen LogP contribution >= 0.6 is 0 Å². The molecule has 4 aliphatic carbocycles. The molecule has 0 radical (unpaired) electrons. The van der Waals surface area contributed by atoms with Crippen molar-refractivity contribution in [1.82, 2.24) is 4.98 Å². The third-order valence-corrected chi connectivity index (χ3v) is 24.8. The first-order valence-corrected chi connectivity index (χ1v) is 25.4. The number of hydrogen-bond donors (Lipinski definition) is 0. The van der Waals surface area contributed by atoms with Crippen molar-refractivity contribution in [3.63, 3.8) is 0 Å². The molecule has 0 unspecified atom stereocenters. The van der Waals surface area contributed by atoms with Crippen LogP contribution in [-0.2, 0) is 15.9 Å². The van der Waals surface area contributed by atoms with E-state index in [0.29, 0.717) is 0 Å². The third-order valence-electron chi connectivity index (χ3n) is 24.8. The van der Waals surface area contributed by atoms with Gasteiger partial charge in [-0.2, -0.15) is 0 Å². The van der Waals surface area contributed by atoms with Gasteiger partial charge in [0.15, 0.2) is 0 Å². The number of aromatic nitrogens is 1. The van der Waals surface area contributed by atoms with Crippen LogP contribution in [-0.4, -0.2) is 10.7 Å². The first-order valence-electron chi connectivity index (χ1n) is 25.4. The number of rotatable bonds is 1. The smallest absolute Gasteiger partial charge is 0.209 e. The van der Waals surface area contributed by atoms with Crippen LogP contribution in [0.5, 0.6) is 0 Å². The Kier molecular flexibility index (Phi) is 1.98. The minimum atomic E-state index is -0.850. The molecule has 29 aromatic rings. The van der Waals surface area contributed by atoms with Gasteiger partial charge in [-0.3, -0.25) is 4.98 Å². The fourth-order valence-electron chi connectivity index (χ4n) is 24.7. The molecule has 0 saturated heterocycles. The molecule has 3 heteroatoms. The Labute approximate surface area is 373 Å². The van der Waals surface area contributed by atoms with Crippen LogP contribution in [0, 0.1) is 0 Å². The second-order valence-corrected chi connectivity index (χ2v) is 24.9. The van der Waals surface area contributed by atoms with Crippen molar-refractivity contribution in [2.75, 3.05) is 0 Å². The SMILES string of the molecule is c1cc(C2=NOC34c5c6c7c8c9c%10c(c%11c%12c3c3c5c5c%13c6c6c7c7c9c9c%14c%10c%10c%11c%11c%12c%12c3c3c5c5c%13c%13c6c6c7c9c7c9c%14c%10c%10c%11c%11c%12c3c3c5c5c%13c6c7c6c9c%10c%11c3c56)C284)ccn1. The Morgan fingerprint density at radius 1 is 0.232 bits per heavy atom. The molecule has 69 heavy (non-hydrogen) atoms. The molecule has 1 aromatic heterocycles. The molecule has 284 valence electrons. The highest BCUT2D eigenvalue weighted by Gasteiger charge is 2.76. The molecule has 0 amide bonds. The summed E-state index contributed by atoms with van der Waals surface area (Å²) in [5.41, 5.74) is 6.78. The summed E-state index contributed by atoms with van der Waals surface area (Å²) in [6.07, 6.45) is 4.01. The number of oxime groups is 1. The summed E-state index contributed by atoms with van der Waals surface area (Å²) in [6, 6.07) is 4.52.